The highest BCUT2D eigenvalue weighted by Gasteiger charge is 2.14. The summed E-state index contributed by atoms with van der Waals surface area (Å²) in [4.78, 5) is 24.0. The van der Waals surface area contributed by atoms with Gasteiger partial charge in [0.25, 0.3) is 11.5 Å². The van der Waals surface area contributed by atoms with Crippen molar-refractivity contribution in [3.05, 3.63) is 50.9 Å². The first kappa shape index (κ1) is 17.0. The molecule has 0 radical (unpaired) electrons. The Bertz CT molecular complexity index is 787. The first-order valence-electron chi connectivity index (χ1n) is 7.20. The Morgan fingerprint density at radius 3 is 2.78 bits per heavy atom. The van der Waals surface area contributed by atoms with Gasteiger partial charge in [0.05, 0.1) is 12.8 Å². The third kappa shape index (κ3) is 3.90. The van der Waals surface area contributed by atoms with Gasteiger partial charge in [0.2, 0.25) is 0 Å². The van der Waals surface area contributed by atoms with E-state index in [1.807, 2.05) is 13.8 Å². The number of nitrogens with one attached hydrogen (secondary N) is 1. The van der Waals surface area contributed by atoms with Crippen LogP contribution in [-0.4, -0.2) is 22.8 Å². The third-order valence-electron chi connectivity index (χ3n) is 3.26. The van der Waals surface area contributed by atoms with Gasteiger partial charge in [0, 0.05) is 23.7 Å². The fourth-order valence-electron chi connectivity index (χ4n) is 2.06. The first-order valence-corrected chi connectivity index (χ1v) is 7.57. The van der Waals surface area contributed by atoms with E-state index < -0.39 is 5.91 Å². The number of carbonyl (C=O) groups excluding carboxylic acids is 1. The Hall–Kier alpha value is -2.34. The lowest BCUT2D eigenvalue weighted by Gasteiger charge is -2.12. The standard InChI is InChI=1S/C16H18ClN3O3/c1-4-7-20-15(21)6-5-12(19-20)16(22)18-13-8-10(2)11(17)9-14(13)23-3/h5-6,8-9H,4,7H2,1-3H3,(H,18,22). The Morgan fingerprint density at radius 2 is 2.13 bits per heavy atom. The minimum absolute atomic E-state index is 0.160. The summed E-state index contributed by atoms with van der Waals surface area (Å²) >= 11 is 6.05. The summed E-state index contributed by atoms with van der Waals surface area (Å²) in [5.74, 6) is 0.0331. The lowest BCUT2D eigenvalue weighted by molar-refractivity contribution is 0.101. The number of hydrogen-bond donors (Lipinski definition) is 1. The summed E-state index contributed by atoms with van der Waals surface area (Å²) in [6.45, 7) is 4.22. The van der Waals surface area contributed by atoms with Crippen molar-refractivity contribution in [2.24, 2.45) is 0 Å². The van der Waals surface area contributed by atoms with E-state index in [-0.39, 0.29) is 11.3 Å². The molecule has 6 nitrogen and oxygen atoms in total. The van der Waals surface area contributed by atoms with Crippen molar-refractivity contribution in [2.45, 2.75) is 26.8 Å². The zero-order valence-corrected chi connectivity index (χ0v) is 14.0. The predicted molar refractivity (Wildman–Crippen MR) is 89.5 cm³/mol. The average Bonchev–Trinajstić information content (AvgIpc) is 2.52. The molecule has 0 fully saturated rings. The first-order chi connectivity index (χ1) is 11.0. The maximum atomic E-state index is 12.4. The van der Waals surface area contributed by atoms with Gasteiger partial charge >= 0.3 is 0 Å². The number of methoxy groups -OCH3 is 1. The van der Waals surface area contributed by atoms with Gasteiger partial charge in [0.15, 0.2) is 0 Å². The number of hydrogen-bond acceptors (Lipinski definition) is 4. The SMILES string of the molecule is CCCn1nc(C(=O)Nc2cc(C)c(Cl)cc2OC)ccc1=O. The van der Waals surface area contributed by atoms with Gasteiger partial charge in [0.1, 0.15) is 11.4 Å². The molecule has 0 unspecified atom stereocenters. The van der Waals surface area contributed by atoms with Crippen LogP contribution in [0.15, 0.2) is 29.1 Å². The van der Waals surface area contributed by atoms with Crippen LogP contribution < -0.4 is 15.6 Å². The second kappa shape index (κ2) is 7.28. The number of amides is 1. The normalized spacial score (nSPS) is 10.4. The molecule has 0 aliphatic heterocycles. The second-order valence-corrected chi connectivity index (χ2v) is 5.44. The Balaban J connectivity index is 2.31. The highest BCUT2D eigenvalue weighted by molar-refractivity contribution is 6.31. The number of rotatable bonds is 5. The van der Waals surface area contributed by atoms with Gasteiger partial charge in [-0.1, -0.05) is 18.5 Å². The van der Waals surface area contributed by atoms with Gasteiger partial charge in [-0.2, -0.15) is 5.10 Å². The van der Waals surface area contributed by atoms with E-state index in [0.717, 1.165) is 12.0 Å². The Morgan fingerprint density at radius 1 is 1.39 bits per heavy atom. The van der Waals surface area contributed by atoms with E-state index in [1.54, 1.807) is 12.1 Å². The van der Waals surface area contributed by atoms with Crippen molar-refractivity contribution in [2.75, 3.05) is 12.4 Å². The molecule has 1 amide bonds. The molecule has 0 spiro atoms. The van der Waals surface area contributed by atoms with Gasteiger partial charge < -0.3 is 10.1 Å². The number of anilines is 1. The van der Waals surface area contributed by atoms with E-state index >= 15 is 0 Å². The van der Waals surface area contributed by atoms with Gasteiger partial charge in [-0.15, -0.1) is 0 Å². The summed E-state index contributed by atoms with van der Waals surface area (Å²) in [6, 6.07) is 6.10. The van der Waals surface area contributed by atoms with E-state index in [0.29, 0.717) is 23.0 Å². The Kier molecular flexibility index (Phi) is 5.39. The molecule has 0 aliphatic rings. The van der Waals surface area contributed by atoms with E-state index in [9.17, 15) is 9.59 Å². The lowest BCUT2D eigenvalue weighted by atomic mass is 10.2. The van der Waals surface area contributed by atoms with Crippen LogP contribution in [0.25, 0.3) is 0 Å². The van der Waals surface area contributed by atoms with Crippen LogP contribution in [-0.2, 0) is 6.54 Å². The number of benzene rings is 1. The van der Waals surface area contributed by atoms with E-state index in [4.69, 9.17) is 16.3 Å². The van der Waals surface area contributed by atoms with Gasteiger partial charge in [-0.3, -0.25) is 9.59 Å². The van der Waals surface area contributed by atoms with Crippen molar-refractivity contribution in [1.82, 2.24) is 9.78 Å². The highest BCUT2D eigenvalue weighted by atomic mass is 35.5. The predicted octanol–water partition coefficient (Wildman–Crippen LogP) is 2.88. The fraction of sp³-hybridized carbons (Fsp3) is 0.312. The number of carbonyl (C=O) groups is 1. The fourth-order valence-corrected chi connectivity index (χ4v) is 2.21. The smallest absolute Gasteiger partial charge is 0.276 e. The molecule has 0 saturated carbocycles. The summed E-state index contributed by atoms with van der Waals surface area (Å²) in [5, 5.41) is 7.36. The van der Waals surface area contributed by atoms with Crippen molar-refractivity contribution >= 4 is 23.2 Å². The molecule has 2 rings (SSSR count). The van der Waals surface area contributed by atoms with Crippen molar-refractivity contribution < 1.29 is 9.53 Å². The van der Waals surface area contributed by atoms with Gasteiger partial charge in [-0.25, -0.2) is 4.68 Å². The van der Waals surface area contributed by atoms with Crippen LogP contribution in [0.3, 0.4) is 0 Å². The van der Waals surface area contributed by atoms with Crippen LogP contribution in [0, 0.1) is 6.92 Å². The minimum Gasteiger partial charge on any atom is -0.495 e. The molecule has 1 aromatic carbocycles. The minimum atomic E-state index is -0.421. The number of ether oxygens (including phenoxy) is 1. The van der Waals surface area contributed by atoms with Crippen LogP contribution >= 0.6 is 11.6 Å². The average molecular weight is 336 g/mol. The molecular formula is C16H18ClN3O3. The Labute approximate surface area is 139 Å². The number of halogens is 1. The molecule has 0 bridgehead atoms. The monoisotopic (exact) mass is 335 g/mol. The molecule has 0 saturated heterocycles. The summed E-state index contributed by atoms with van der Waals surface area (Å²) in [5.41, 5.74) is 1.23. The molecule has 1 aromatic heterocycles. The zero-order chi connectivity index (χ0) is 17.0. The number of aromatic nitrogens is 2. The van der Waals surface area contributed by atoms with E-state index in [1.165, 1.54) is 23.9 Å². The third-order valence-corrected chi connectivity index (χ3v) is 3.67. The quantitative estimate of drug-likeness (QED) is 0.911. The van der Waals surface area contributed by atoms with Crippen molar-refractivity contribution in [1.29, 1.82) is 0 Å². The summed E-state index contributed by atoms with van der Waals surface area (Å²) in [6.07, 6.45) is 0.752. The topological polar surface area (TPSA) is 73.2 Å². The summed E-state index contributed by atoms with van der Waals surface area (Å²) in [7, 11) is 1.50. The molecule has 122 valence electrons. The summed E-state index contributed by atoms with van der Waals surface area (Å²) < 4.78 is 6.50. The number of nitrogens with zero attached hydrogens (tertiary/aromatic N) is 2. The highest BCUT2D eigenvalue weighted by Crippen LogP contribution is 2.31. The van der Waals surface area contributed by atoms with Crippen molar-refractivity contribution in [3.63, 3.8) is 0 Å². The number of aryl methyl sites for hydroxylation is 2. The van der Waals surface area contributed by atoms with Crippen LogP contribution in [0.4, 0.5) is 5.69 Å². The molecule has 7 heteroatoms. The largest absolute Gasteiger partial charge is 0.495 e. The van der Waals surface area contributed by atoms with Crippen LogP contribution in [0.1, 0.15) is 29.4 Å². The zero-order valence-electron chi connectivity index (χ0n) is 13.2. The molecule has 2 aromatic rings. The molecule has 23 heavy (non-hydrogen) atoms. The molecule has 0 atom stereocenters. The molecule has 1 N–H and O–H groups in total. The van der Waals surface area contributed by atoms with Gasteiger partial charge in [-0.05, 0) is 31.0 Å². The lowest BCUT2D eigenvalue weighted by Crippen LogP contribution is -2.26. The molecular weight excluding hydrogens is 318 g/mol. The maximum absolute atomic E-state index is 12.4. The molecule has 0 aliphatic carbocycles. The van der Waals surface area contributed by atoms with Crippen molar-refractivity contribution in [3.8, 4) is 5.75 Å². The second-order valence-electron chi connectivity index (χ2n) is 5.04. The van der Waals surface area contributed by atoms with E-state index in [2.05, 4.69) is 10.4 Å². The van der Waals surface area contributed by atoms with Crippen LogP contribution in [0.2, 0.25) is 5.02 Å². The maximum Gasteiger partial charge on any atom is 0.276 e. The molecule has 1 heterocycles. The van der Waals surface area contributed by atoms with Crippen LogP contribution in [0.5, 0.6) is 5.75 Å².